The Labute approximate surface area is 122 Å². The van der Waals surface area contributed by atoms with Crippen molar-refractivity contribution in [1.82, 2.24) is 9.13 Å². The van der Waals surface area contributed by atoms with E-state index in [1.165, 1.54) is 24.2 Å². The first-order valence-electron chi connectivity index (χ1n) is 7.52. The van der Waals surface area contributed by atoms with E-state index in [-0.39, 0.29) is 0 Å². The van der Waals surface area contributed by atoms with Crippen molar-refractivity contribution in [3.05, 3.63) is 16.2 Å². The molecule has 0 radical (unpaired) electrons. The van der Waals surface area contributed by atoms with Crippen molar-refractivity contribution in [2.75, 3.05) is 0 Å². The minimum Gasteiger partial charge on any atom is -0.320 e. The highest BCUT2D eigenvalue weighted by atomic mass is 32.1. The van der Waals surface area contributed by atoms with Crippen LogP contribution < -0.4 is 0 Å². The Morgan fingerprint density at radius 1 is 0.947 bits per heavy atom. The third kappa shape index (κ3) is 2.96. The number of aromatic nitrogens is 2. The van der Waals surface area contributed by atoms with Crippen LogP contribution >= 0.6 is 12.2 Å². The number of fused-ring (bicyclic) bond motifs is 1. The molecule has 0 saturated heterocycles. The van der Waals surface area contributed by atoms with Crippen LogP contribution in [0.4, 0.5) is 0 Å². The van der Waals surface area contributed by atoms with E-state index in [1.54, 1.807) is 0 Å². The molecule has 2 nitrogen and oxygen atoms in total. The summed E-state index contributed by atoms with van der Waals surface area (Å²) >= 11 is 5.74. The minimum absolute atomic E-state index is 0.394. The van der Waals surface area contributed by atoms with Crippen LogP contribution in [-0.4, -0.2) is 9.13 Å². The van der Waals surface area contributed by atoms with E-state index >= 15 is 0 Å². The Balaban J connectivity index is 2.49. The number of hydrogen-bond donors (Lipinski definition) is 0. The van der Waals surface area contributed by atoms with Gasteiger partial charge in [0.05, 0.1) is 0 Å². The zero-order valence-electron chi connectivity index (χ0n) is 13.3. The molecular formula is C16H28N2S. The van der Waals surface area contributed by atoms with Crippen LogP contribution in [0.5, 0.6) is 0 Å². The largest absolute Gasteiger partial charge is 0.320 e. The van der Waals surface area contributed by atoms with Crippen molar-refractivity contribution in [2.45, 2.75) is 67.5 Å². The molecule has 1 aromatic heterocycles. The van der Waals surface area contributed by atoms with Crippen LogP contribution in [0.2, 0.25) is 0 Å². The van der Waals surface area contributed by atoms with Gasteiger partial charge in [0.15, 0.2) is 4.77 Å². The summed E-state index contributed by atoms with van der Waals surface area (Å²) in [5.74, 6) is 1.30. The van der Waals surface area contributed by atoms with Crippen molar-refractivity contribution in [2.24, 2.45) is 17.3 Å². The smallest absolute Gasteiger partial charge is 0.180 e. The average molecular weight is 280 g/mol. The zero-order chi connectivity index (χ0) is 14.4. The SMILES string of the molecule is CC(C)Cn1c2c(n(CC(C)C)c1=S)CC(C)(C)C2. The topological polar surface area (TPSA) is 9.86 Å². The third-order valence-electron chi connectivity index (χ3n) is 3.83. The lowest BCUT2D eigenvalue weighted by Gasteiger charge is -2.19. The summed E-state index contributed by atoms with van der Waals surface area (Å²) in [6, 6.07) is 0. The van der Waals surface area contributed by atoms with Gasteiger partial charge in [-0.3, -0.25) is 0 Å². The van der Waals surface area contributed by atoms with Gasteiger partial charge in [0.1, 0.15) is 0 Å². The molecule has 1 aromatic rings. The second kappa shape index (κ2) is 5.08. The van der Waals surface area contributed by atoms with Crippen LogP contribution in [0.1, 0.15) is 52.9 Å². The van der Waals surface area contributed by atoms with Gasteiger partial charge in [-0.05, 0) is 42.3 Å². The molecule has 108 valence electrons. The normalized spacial score (nSPS) is 17.5. The first-order valence-corrected chi connectivity index (χ1v) is 7.93. The van der Waals surface area contributed by atoms with Crippen molar-refractivity contribution in [3.63, 3.8) is 0 Å². The van der Waals surface area contributed by atoms with E-state index in [4.69, 9.17) is 12.2 Å². The average Bonchev–Trinajstić information content (AvgIpc) is 2.65. The Bertz CT molecular complexity index is 475. The highest BCUT2D eigenvalue weighted by Gasteiger charge is 2.34. The standard InChI is InChI=1S/C16H28N2S/c1-11(2)9-17-13-7-16(5,6)8-14(13)18(15(17)19)10-12(3)4/h11-12H,7-10H2,1-6H3. The van der Waals surface area contributed by atoms with Crippen LogP contribution in [-0.2, 0) is 25.9 Å². The highest BCUT2D eigenvalue weighted by molar-refractivity contribution is 7.71. The Morgan fingerprint density at radius 3 is 1.63 bits per heavy atom. The molecule has 3 heteroatoms. The summed E-state index contributed by atoms with van der Waals surface area (Å²) in [5, 5.41) is 0. The summed E-state index contributed by atoms with van der Waals surface area (Å²) in [4.78, 5) is 0. The predicted octanol–water partition coefficient (Wildman–Crippen LogP) is 4.46. The van der Waals surface area contributed by atoms with Gasteiger partial charge in [-0.15, -0.1) is 0 Å². The molecule has 19 heavy (non-hydrogen) atoms. The predicted molar refractivity (Wildman–Crippen MR) is 84.1 cm³/mol. The Morgan fingerprint density at radius 2 is 1.32 bits per heavy atom. The molecular weight excluding hydrogens is 252 g/mol. The van der Waals surface area contributed by atoms with E-state index in [2.05, 4.69) is 50.7 Å². The van der Waals surface area contributed by atoms with Crippen molar-refractivity contribution < 1.29 is 0 Å². The fourth-order valence-electron chi connectivity index (χ4n) is 3.16. The molecule has 0 amide bonds. The minimum atomic E-state index is 0.394. The first-order chi connectivity index (χ1) is 8.71. The van der Waals surface area contributed by atoms with Crippen LogP contribution in [0, 0.1) is 22.0 Å². The molecule has 1 heterocycles. The lowest BCUT2D eigenvalue weighted by Crippen LogP contribution is -2.17. The zero-order valence-corrected chi connectivity index (χ0v) is 14.1. The summed E-state index contributed by atoms with van der Waals surface area (Å²) in [6.07, 6.45) is 2.34. The van der Waals surface area contributed by atoms with Gasteiger partial charge in [-0.2, -0.15) is 0 Å². The van der Waals surface area contributed by atoms with Crippen molar-refractivity contribution in [1.29, 1.82) is 0 Å². The maximum absolute atomic E-state index is 5.74. The summed E-state index contributed by atoms with van der Waals surface area (Å²) < 4.78 is 5.86. The summed E-state index contributed by atoms with van der Waals surface area (Å²) in [5.41, 5.74) is 3.40. The van der Waals surface area contributed by atoms with Crippen molar-refractivity contribution >= 4 is 12.2 Å². The van der Waals surface area contributed by atoms with Crippen LogP contribution in [0.3, 0.4) is 0 Å². The quantitative estimate of drug-likeness (QED) is 0.741. The van der Waals surface area contributed by atoms with E-state index in [9.17, 15) is 0 Å². The maximum atomic E-state index is 5.74. The molecule has 0 unspecified atom stereocenters. The molecule has 0 atom stereocenters. The summed E-state index contributed by atoms with van der Waals surface area (Å²) in [6.45, 7) is 15.9. The van der Waals surface area contributed by atoms with Gasteiger partial charge in [-0.25, -0.2) is 0 Å². The van der Waals surface area contributed by atoms with E-state index < -0.39 is 0 Å². The van der Waals surface area contributed by atoms with Gasteiger partial charge < -0.3 is 9.13 Å². The Hall–Kier alpha value is -0.570. The van der Waals surface area contributed by atoms with Crippen molar-refractivity contribution in [3.8, 4) is 0 Å². The third-order valence-corrected chi connectivity index (χ3v) is 4.27. The molecule has 0 bridgehead atoms. The molecule has 0 aliphatic heterocycles. The molecule has 2 rings (SSSR count). The first kappa shape index (κ1) is 14.8. The molecule has 0 fully saturated rings. The number of imidazole rings is 1. The monoisotopic (exact) mass is 280 g/mol. The van der Waals surface area contributed by atoms with Gasteiger partial charge >= 0.3 is 0 Å². The number of rotatable bonds is 4. The molecule has 0 N–H and O–H groups in total. The molecule has 0 saturated carbocycles. The van der Waals surface area contributed by atoms with Gasteiger partial charge in [0.25, 0.3) is 0 Å². The lowest BCUT2D eigenvalue weighted by atomic mass is 9.91. The molecule has 1 aliphatic rings. The van der Waals surface area contributed by atoms with Gasteiger partial charge in [0.2, 0.25) is 0 Å². The molecule has 0 aromatic carbocycles. The molecule has 0 spiro atoms. The maximum Gasteiger partial charge on any atom is 0.180 e. The second-order valence-corrected chi connectivity index (χ2v) is 8.07. The van der Waals surface area contributed by atoms with Crippen LogP contribution in [0.15, 0.2) is 0 Å². The second-order valence-electron chi connectivity index (χ2n) is 7.70. The van der Waals surface area contributed by atoms with Gasteiger partial charge in [0, 0.05) is 24.5 Å². The van der Waals surface area contributed by atoms with E-state index in [0.717, 1.165) is 17.9 Å². The van der Waals surface area contributed by atoms with E-state index in [1.807, 2.05) is 0 Å². The van der Waals surface area contributed by atoms with Gasteiger partial charge in [-0.1, -0.05) is 41.5 Å². The fraction of sp³-hybridized carbons (Fsp3) is 0.812. The number of nitrogens with zero attached hydrogens (tertiary/aromatic N) is 2. The number of hydrogen-bond acceptors (Lipinski definition) is 1. The fourth-order valence-corrected chi connectivity index (χ4v) is 3.53. The Kier molecular flexibility index (Phi) is 3.97. The summed E-state index contributed by atoms with van der Waals surface area (Å²) in [7, 11) is 0. The molecule has 1 aliphatic carbocycles. The lowest BCUT2D eigenvalue weighted by molar-refractivity contribution is 0.365. The highest BCUT2D eigenvalue weighted by Crippen LogP contribution is 2.37. The van der Waals surface area contributed by atoms with E-state index in [0.29, 0.717) is 17.3 Å². The van der Waals surface area contributed by atoms with Crippen LogP contribution in [0.25, 0.3) is 0 Å².